The second-order valence-electron chi connectivity index (χ2n) is 8.04. The lowest BCUT2D eigenvalue weighted by molar-refractivity contribution is -0.0505. The topological polar surface area (TPSA) is 97.2 Å². The molecule has 4 N–H and O–H groups in total. The molecular formula is C24H24N4O2. The molecular weight excluding hydrogens is 376 g/mol. The van der Waals surface area contributed by atoms with E-state index >= 15 is 0 Å². The molecule has 5 rings (SSSR count). The Morgan fingerprint density at radius 3 is 2.30 bits per heavy atom. The van der Waals surface area contributed by atoms with Crippen LogP contribution < -0.4 is 5.73 Å². The number of nitrogen functional groups attached to an aromatic ring is 1. The van der Waals surface area contributed by atoms with Gasteiger partial charge in [-0.3, -0.25) is 0 Å². The van der Waals surface area contributed by atoms with E-state index in [0.717, 1.165) is 29.5 Å². The van der Waals surface area contributed by atoms with E-state index in [9.17, 15) is 10.2 Å². The summed E-state index contributed by atoms with van der Waals surface area (Å²) in [6.07, 6.45) is 7.53. The van der Waals surface area contributed by atoms with E-state index in [1.165, 1.54) is 22.9 Å². The molecule has 4 aromatic rings. The van der Waals surface area contributed by atoms with Gasteiger partial charge < -0.3 is 20.5 Å². The summed E-state index contributed by atoms with van der Waals surface area (Å²) in [6, 6.07) is 16.8. The van der Waals surface area contributed by atoms with Crippen LogP contribution >= 0.6 is 0 Å². The second kappa shape index (κ2) is 7.23. The van der Waals surface area contributed by atoms with Gasteiger partial charge in [-0.2, -0.15) is 0 Å². The van der Waals surface area contributed by atoms with E-state index in [-0.39, 0.29) is 17.9 Å². The molecule has 2 heterocycles. The fourth-order valence-electron chi connectivity index (χ4n) is 4.67. The van der Waals surface area contributed by atoms with E-state index in [0.29, 0.717) is 0 Å². The van der Waals surface area contributed by atoms with Crippen molar-refractivity contribution < 1.29 is 10.2 Å². The average Bonchev–Trinajstić information content (AvgIpc) is 3.07. The predicted octanol–water partition coefficient (Wildman–Crippen LogP) is 3.46. The molecule has 0 aliphatic heterocycles. The molecule has 1 fully saturated rings. The number of hydrogen-bond donors (Lipinski definition) is 3. The Morgan fingerprint density at radius 1 is 0.967 bits per heavy atom. The molecule has 0 spiro atoms. The van der Waals surface area contributed by atoms with Crippen LogP contribution in [-0.4, -0.2) is 31.0 Å². The van der Waals surface area contributed by atoms with E-state index < -0.39 is 6.29 Å². The van der Waals surface area contributed by atoms with Gasteiger partial charge in [-0.15, -0.1) is 0 Å². The number of aliphatic hydroxyl groups excluding tert-OH is 1. The molecule has 30 heavy (non-hydrogen) atoms. The fraction of sp³-hybridized carbons (Fsp3) is 0.250. The van der Waals surface area contributed by atoms with Crippen LogP contribution in [0.3, 0.4) is 0 Å². The number of rotatable bonds is 5. The summed E-state index contributed by atoms with van der Waals surface area (Å²) in [5.74, 6) is 0.271. The van der Waals surface area contributed by atoms with Crippen molar-refractivity contribution in [1.29, 1.82) is 0 Å². The van der Waals surface area contributed by atoms with Gasteiger partial charge in [0.15, 0.2) is 6.29 Å². The molecule has 152 valence electrons. The van der Waals surface area contributed by atoms with Crippen molar-refractivity contribution in [3.63, 3.8) is 0 Å². The minimum atomic E-state index is -1.38. The van der Waals surface area contributed by atoms with Crippen LogP contribution in [0.15, 0.2) is 67.1 Å². The largest absolute Gasteiger partial charge is 0.368 e. The summed E-state index contributed by atoms with van der Waals surface area (Å²) in [5, 5.41) is 20.3. The van der Waals surface area contributed by atoms with Gasteiger partial charge in [0, 0.05) is 40.5 Å². The van der Waals surface area contributed by atoms with E-state index in [2.05, 4.69) is 46.5 Å². The number of aliphatic hydroxyl groups is 2. The molecule has 0 amide bonds. The SMILES string of the molecule is Nc1ncc(-c2ccc(C3(c4cn(CC(O)O)c5ccccc45)CCC3)cc2)cn1. The molecule has 0 radical (unpaired) electrons. The first-order valence-electron chi connectivity index (χ1n) is 10.2. The summed E-state index contributed by atoms with van der Waals surface area (Å²) in [7, 11) is 0. The number of aromatic nitrogens is 3. The summed E-state index contributed by atoms with van der Waals surface area (Å²) < 4.78 is 1.95. The average molecular weight is 400 g/mol. The second-order valence-corrected chi connectivity index (χ2v) is 8.04. The number of nitrogens with zero attached hydrogens (tertiary/aromatic N) is 3. The summed E-state index contributed by atoms with van der Waals surface area (Å²) in [4.78, 5) is 8.17. The highest BCUT2D eigenvalue weighted by atomic mass is 16.5. The maximum atomic E-state index is 9.54. The van der Waals surface area contributed by atoms with Crippen LogP contribution in [-0.2, 0) is 12.0 Å². The summed E-state index contributed by atoms with van der Waals surface area (Å²) in [5.41, 5.74) is 11.1. The molecule has 0 bridgehead atoms. The number of fused-ring (bicyclic) bond motifs is 1. The van der Waals surface area contributed by atoms with Crippen LogP contribution in [0.4, 0.5) is 5.95 Å². The zero-order valence-corrected chi connectivity index (χ0v) is 16.6. The monoisotopic (exact) mass is 400 g/mol. The van der Waals surface area contributed by atoms with Crippen LogP contribution in [0.1, 0.15) is 30.4 Å². The standard InChI is InChI=1S/C24H24N4O2/c25-23-26-12-17(13-27-23)16-6-8-18(9-7-16)24(10-3-11-24)20-14-28(15-22(29)30)21-5-2-1-4-19(20)21/h1-2,4-9,12-14,22,29-30H,3,10-11,15H2,(H2,25,26,27). The number of nitrogens with two attached hydrogens (primary N) is 1. The number of hydrogen-bond acceptors (Lipinski definition) is 5. The normalized spacial score (nSPS) is 15.4. The minimum Gasteiger partial charge on any atom is -0.368 e. The number of benzene rings is 2. The highest BCUT2D eigenvalue weighted by Gasteiger charge is 2.42. The zero-order chi connectivity index (χ0) is 20.7. The van der Waals surface area contributed by atoms with Gasteiger partial charge in [0.2, 0.25) is 5.95 Å². The quantitative estimate of drug-likeness (QED) is 0.446. The lowest BCUT2D eigenvalue weighted by Crippen LogP contribution is -2.35. The number of anilines is 1. The summed E-state index contributed by atoms with van der Waals surface area (Å²) in [6.45, 7) is 0.159. The molecule has 1 saturated carbocycles. The van der Waals surface area contributed by atoms with Gasteiger partial charge >= 0.3 is 0 Å². The molecule has 6 nitrogen and oxygen atoms in total. The molecule has 2 aromatic carbocycles. The Labute approximate surface area is 174 Å². The number of para-hydroxylation sites is 1. The van der Waals surface area contributed by atoms with Crippen LogP contribution in [0.5, 0.6) is 0 Å². The highest BCUT2D eigenvalue weighted by Crippen LogP contribution is 2.51. The van der Waals surface area contributed by atoms with Crippen molar-refractivity contribution in [2.24, 2.45) is 0 Å². The van der Waals surface area contributed by atoms with Gasteiger partial charge in [-0.25, -0.2) is 9.97 Å². The van der Waals surface area contributed by atoms with Crippen molar-refractivity contribution >= 4 is 16.9 Å². The molecule has 1 aliphatic carbocycles. The smallest absolute Gasteiger partial charge is 0.219 e. The van der Waals surface area contributed by atoms with Gasteiger partial charge in [0.25, 0.3) is 0 Å². The van der Waals surface area contributed by atoms with Crippen molar-refractivity contribution in [2.45, 2.75) is 37.5 Å². The molecule has 0 unspecified atom stereocenters. The van der Waals surface area contributed by atoms with Crippen molar-refractivity contribution in [1.82, 2.24) is 14.5 Å². The molecule has 2 aromatic heterocycles. The van der Waals surface area contributed by atoms with Crippen molar-refractivity contribution in [3.8, 4) is 11.1 Å². The van der Waals surface area contributed by atoms with Crippen LogP contribution in [0, 0.1) is 0 Å². The zero-order valence-electron chi connectivity index (χ0n) is 16.6. The maximum absolute atomic E-state index is 9.54. The maximum Gasteiger partial charge on any atom is 0.219 e. The fourth-order valence-corrected chi connectivity index (χ4v) is 4.67. The third kappa shape index (κ3) is 3.05. The van der Waals surface area contributed by atoms with Crippen molar-refractivity contribution in [3.05, 3.63) is 78.2 Å². The van der Waals surface area contributed by atoms with Gasteiger partial charge in [0.1, 0.15) is 0 Å². The van der Waals surface area contributed by atoms with E-state index in [4.69, 9.17) is 5.73 Å². The first-order chi connectivity index (χ1) is 14.6. The van der Waals surface area contributed by atoms with Gasteiger partial charge in [0.05, 0.1) is 6.54 Å². The third-order valence-corrected chi connectivity index (χ3v) is 6.31. The third-order valence-electron chi connectivity index (χ3n) is 6.31. The summed E-state index contributed by atoms with van der Waals surface area (Å²) >= 11 is 0. The Bertz CT molecular complexity index is 1180. The first-order valence-corrected chi connectivity index (χ1v) is 10.2. The van der Waals surface area contributed by atoms with Crippen LogP contribution in [0.25, 0.3) is 22.0 Å². The molecule has 0 atom stereocenters. The Kier molecular flexibility index (Phi) is 4.53. The van der Waals surface area contributed by atoms with Gasteiger partial charge in [-0.05, 0) is 35.6 Å². The Balaban J connectivity index is 1.57. The first kappa shape index (κ1) is 18.8. The highest BCUT2D eigenvalue weighted by molar-refractivity contribution is 5.86. The van der Waals surface area contributed by atoms with Gasteiger partial charge in [-0.1, -0.05) is 48.9 Å². The lowest BCUT2D eigenvalue weighted by atomic mass is 9.60. The van der Waals surface area contributed by atoms with Crippen molar-refractivity contribution in [2.75, 3.05) is 5.73 Å². The Morgan fingerprint density at radius 2 is 1.67 bits per heavy atom. The minimum absolute atomic E-state index is 0.0542. The van der Waals surface area contributed by atoms with E-state index in [1.54, 1.807) is 12.4 Å². The lowest BCUT2D eigenvalue weighted by Gasteiger charge is -2.43. The van der Waals surface area contributed by atoms with Crippen LogP contribution in [0.2, 0.25) is 0 Å². The molecule has 6 heteroatoms. The predicted molar refractivity (Wildman–Crippen MR) is 117 cm³/mol. The van der Waals surface area contributed by atoms with E-state index in [1.807, 2.05) is 22.8 Å². The molecule has 0 saturated heterocycles. The molecule has 1 aliphatic rings. The Hall–Kier alpha value is -3.22.